The van der Waals surface area contributed by atoms with E-state index < -0.39 is 11.4 Å². The number of hydrogen-bond acceptors (Lipinski definition) is 8. The number of ether oxygens (including phenoxy) is 1. The average molecular weight is 548 g/mol. The Bertz CT molecular complexity index is 1470. The van der Waals surface area contributed by atoms with Crippen molar-refractivity contribution >= 4 is 35.0 Å². The summed E-state index contributed by atoms with van der Waals surface area (Å²) >= 11 is 0. The van der Waals surface area contributed by atoms with E-state index in [2.05, 4.69) is 31.8 Å². The number of aromatic nitrogens is 4. The predicted octanol–water partition coefficient (Wildman–Crippen LogP) is 4.82. The van der Waals surface area contributed by atoms with E-state index in [1.807, 2.05) is 37.8 Å². The van der Waals surface area contributed by atoms with E-state index in [1.165, 1.54) is 0 Å². The topological polar surface area (TPSA) is 103 Å². The van der Waals surface area contributed by atoms with Crippen LogP contribution in [0, 0.1) is 13.8 Å². The van der Waals surface area contributed by atoms with E-state index >= 15 is 4.39 Å². The van der Waals surface area contributed by atoms with Gasteiger partial charge in [-0.3, -0.25) is 15.0 Å². The van der Waals surface area contributed by atoms with Gasteiger partial charge in [0.05, 0.1) is 22.9 Å². The second-order valence-corrected chi connectivity index (χ2v) is 11.9. The number of benzene rings is 1. The number of rotatable bonds is 7. The number of nitrogens with one attached hydrogen (secondary N) is 1. The van der Waals surface area contributed by atoms with E-state index in [0.717, 1.165) is 61.7 Å². The first-order chi connectivity index (χ1) is 19.2. The van der Waals surface area contributed by atoms with E-state index in [9.17, 15) is 5.11 Å². The summed E-state index contributed by atoms with van der Waals surface area (Å²) in [5.41, 5.74) is 2.19. The number of aryl methyl sites for hydroxylation is 1. The van der Waals surface area contributed by atoms with Crippen LogP contribution in [0.25, 0.3) is 22.4 Å². The third-order valence-corrected chi connectivity index (χ3v) is 9.00. The maximum atomic E-state index is 16.7. The largest absolute Gasteiger partial charge is 0.461 e. The Balaban J connectivity index is 1.46. The molecule has 6 rings (SSSR count). The van der Waals surface area contributed by atoms with Crippen molar-refractivity contribution in [1.82, 2.24) is 25.1 Å². The predicted molar refractivity (Wildman–Crippen MR) is 155 cm³/mol. The van der Waals surface area contributed by atoms with Crippen LogP contribution in [0.1, 0.15) is 67.8 Å². The molecule has 0 bridgehead atoms. The number of hydrogen-bond donors (Lipinski definition) is 2. The molecule has 3 fully saturated rings. The minimum atomic E-state index is -0.861. The fourth-order valence-electron chi connectivity index (χ4n) is 6.94. The zero-order valence-electron chi connectivity index (χ0n) is 23.6. The van der Waals surface area contributed by atoms with Crippen molar-refractivity contribution in [3.63, 3.8) is 0 Å². The van der Waals surface area contributed by atoms with Gasteiger partial charge < -0.3 is 14.7 Å². The number of H-pyrrole nitrogens is 1. The molecule has 0 spiro atoms. The van der Waals surface area contributed by atoms with Gasteiger partial charge in [-0.15, -0.1) is 0 Å². The third-order valence-electron chi connectivity index (χ3n) is 9.00. The first kappa shape index (κ1) is 26.8. The highest BCUT2D eigenvalue weighted by Gasteiger charge is 2.45. The van der Waals surface area contributed by atoms with Gasteiger partial charge in [-0.1, -0.05) is 6.07 Å². The first-order valence-corrected chi connectivity index (χ1v) is 14.3. The van der Waals surface area contributed by atoms with E-state index in [1.54, 1.807) is 6.20 Å². The van der Waals surface area contributed by atoms with Crippen LogP contribution in [0.2, 0.25) is 0 Å². The Kier molecular flexibility index (Phi) is 6.86. The summed E-state index contributed by atoms with van der Waals surface area (Å²) in [6.45, 7) is 13.0. The van der Waals surface area contributed by atoms with Gasteiger partial charge in [0.25, 0.3) is 0 Å². The van der Waals surface area contributed by atoms with Gasteiger partial charge in [-0.25, -0.2) is 4.39 Å². The van der Waals surface area contributed by atoms with Gasteiger partial charge >= 0.3 is 6.01 Å². The summed E-state index contributed by atoms with van der Waals surface area (Å²) in [4.78, 5) is 18.1. The van der Waals surface area contributed by atoms with Crippen LogP contribution in [-0.2, 0) is 0 Å². The molecule has 0 radical (unpaired) electrons. The lowest BCUT2D eigenvalue weighted by atomic mass is 9.94. The second kappa shape index (κ2) is 10.2. The van der Waals surface area contributed by atoms with Crippen molar-refractivity contribution in [3.8, 4) is 6.01 Å². The van der Waals surface area contributed by atoms with E-state index in [0.29, 0.717) is 43.1 Å². The van der Waals surface area contributed by atoms with Crippen LogP contribution in [0.5, 0.6) is 6.01 Å². The molecule has 3 aliphatic rings. The molecule has 0 aliphatic carbocycles. The molecule has 40 heavy (non-hydrogen) atoms. The van der Waals surface area contributed by atoms with Crippen LogP contribution in [0.15, 0.2) is 23.3 Å². The number of aromatic amines is 1. The fraction of sp³-hybridized carbons (Fsp3) is 0.533. The summed E-state index contributed by atoms with van der Waals surface area (Å²) in [6.07, 6.45) is 7.66. The number of piperidine rings is 1. The van der Waals surface area contributed by atoms with Crippen molar-refractivity contribution in [2.45, 2.75) is 70.4 Å². The number of anilines is 1. The number of β-amino-alcohol motifs (C(OH)–C–C–N with tert-alkyl or cyclic N) is 1. The molecule has 1 unspecified atom stereocenters. The van der Waals surface area contributed by atoms with Gasteiger partial charge in [0.2, 0.25) is 0 Å². The van der Waals surface area contributed by atoms with Crippen molar-refractivity contribution in [1.29, 1.82) is 0 Å². The van der Waals surface area contributed by atoms with Gasteiger partial charge in [0.15, 0.2) is 5.83 Å². The Hall–Kier alpha value is -3.37. The molecule has 1 atom stereocenters. The van der Waals surface area contributed by atoms with Crippen LogP contribution in [0.4, 0.5) is 10.2 Å². The molecule has 3 saturated heterocycles. The number of halogens is 1. The zero-order chi connectivity index (χ0) is 28.1. The molecule has 2 N–H and O–H groups in total. The summed E-state index contributed by atoms with van der Waals surface area (Å²) in [5.74, 6) is -0.0212. The monoisotopic (exact) mass is 547 g/mol. The highest BCUT2D eigenvalue weighted by atomic mass is 19.1. The molecule has 0 amide bonds. The Morgan fingerprint density at radius 1 is 1.15 bits per heavy atom. The van der Waals surface area contributed by atoms with Gasteiger partial charge in [0.1, 0.15) is 23.8 Å². The Labute approximate surface area is 234 Å². The molecular formula is C30H38FN7O2. The second-order valence-electron chi connectivity index (χ2n) is 11.9. The smallest absolute Gasteiger partial charge is 0.319 e. The first-order valence-electron chi connectivity index (χ1n) is 14.3. The maximum Gasteiger partial charge on any atom is 0.319 e. The molecule has 0 saturated carbocycles. The molecular weight excluding hydrogens is 509 g/mol. The lowest BCUT2D eigenvalue weighted by molar-refractivity contribution is 0.0445. The molecule has 10 heteroatoms. The number of nitrogens with zero attached hydrogens (tertiary/aromatic N) is 6. The normalized spacial score (nSPS) is 23.4. The van der Waals surface area contributed by atoms with Crippen LogP contribution in [0.3, 0.4) is 0 Å². The molecule has 2 aromatic heterocycles. The molecule has 9 nitrogen and oxygen atoms in total. The lowest BCUT2D eigenvalue weighted by Gasteiger charge is -2.38. The summed E-state index contributed by atoms with van der Waals surface area (Å²) in [7, 11) is 0. The molecule has 3 aliphatic heterocycles. The summed E-state index contributed by atoms with van der Waals surface area (Å²) in [5, 5.41) is 18.7. The average Bonchev–Trinajstić information content (AvgIpc) is 3.65. The van der Waals surface area contributed by atoms with E-state index in [4.69, 9.17) is 9.72 Å². The molecule has 3 aromatic rings. The molecule has 5 heterocycles. The van der Waals surface area contributed by atoms with E-state index in [-0.39, 0.29) is 22.9 Å². The van der Waals surface area contributed by atoms with Crippen molar-refractivity contribution in [3.05, 3.63) is 40.7 Å². The van der Waals surface area contributed by atoms with Crippen molar-refractivity contribution in [2.24, 2.45) is 4.99 Å². The summed E-state index contributed by atoms with van der Waals surface area (Å²) < 4.78 is 23.0. The van der Waals surface area contributed by atoms with Crippen LogP contribution in [-0.4, -0.2) is 80.8 Å². The maximum absolute atomic E-state index is 16.7. The quantitative estimate of drug-likeness (QED) is 0.409. The number of fused-ring (bicyclic) bond motifs is 2. The Morgan fingerprint density at radius 3 is 2.62 bits per heavy atom. The highest BCUT2D eigenvalue weighted by Crippen LogP contribution is 2.41. The van der Waals surface area contributed by atoms with Crippen molar-refractivity contribution in [2.75, 3.05) is 37.7 Å². The summed E-state index contributed by atoms with van der Waals surface area (Å²) in [6, 6.07) is 3.97. The standard InChI is InChI=1S/C30H38FN7O2/c1-19-8-9-22-21(16-33-36-22)23(19)26(32-4)24(31)25-20(2)27(37-13-5-10-29(3,39)17-37)35-28(34-25)40-18-30-11-6-14-38(30)15-7-12-30/h8-9,16,39H,4-7,10-15,17-18H2,1-3H3,(H,33,36)/b26-24+. The van der Waals surface area contributed by atoms with Crippen LogP contribution < -0.4 is 9.64 Å². The van der Waals surface area contributed by atoms with Gasteiger partial charge in [-0.05, 0) is 90.7 Å². The highest BCUT2D eigenvalue weighted by molar-refractivity contribution is 6.00. The lowest BCUT2D eigenvalue weighted by Crippen LogP contribution is -2.47. The minimum Gasteiger partial charge on any atom is -0.461 e. The molecule has 212 valence electrons. The van der Waals surface area contributed by atoms with Crippen molar-refractivity contribution < 1.29 is 14.2 Å². The molecule has 1 aromatic carbocycles. The SMILES string of the molecule is C=N/C(=C(/F)c1nc(OCC23CCCN2CCC3)nc(N2CCCC(C)(O)C2)c1C)c1c(C)ccc2[nH]ncc12. The fourth-order valence-corrected chi connectivity index (χ4v) is 6.94. The van der Waals surface area contributed by atoms with Gasteiger partial charge in [-0.2, -0.15) is 15.1 Å². The number of aliphatic imine (C=N–C) groups is 1. The van der Waals surface area contributed by atoms with Gasteiger partial charge in [0, 0.05) is 29.6 Å². The Morgan fingerprint density at radius 2 is 1.90 bits per heavy atom. The third kappa shape index (κ3) is 4.66. The zero-order valence-corrected chi connectivity index (χ0v) is 23.6. The number of aliphatic hydroxyl groups is 1. The van der Waals surface area contributed by atoms with Crippen LogP contribution >= 0.6 is 0 Å². The minimum absolute atomic E-state index is 0.000373.